The maximum atomic E-state index is 5.73. The summed E-state index contributed by atoms with van der Waals surface area (Å²) in [5, 5.41) is 8.12. The molecule has 3 heterocycles. The highest BCUT2D eigenvalue weighted by Gasteiger charge is 2.18. The van der Waals surface area contributed by atoms with Gasteiger partial charge >= 0.3 is 0 Å². The van der Waals surface area contributed by atoms with Gasteiger partial charge in [-0.2, -0.15) is 9.61 Å². The van der Waals surface area contributed by atoms with Gasteiger partial charge in [0.05, 0.1) is 12.3 Å². The number of hydrogen-bond donors (Lipinski definition) is 1. The van der Waals surface area contributed by atoms with Gasteiger partial charge in [0, 0.05) is 30.5 Å². The van der Waals surface area contributed by atoms with Crippen molar-refractivity contribution in [3.8, 4) is 11.1 Å². The summed E-state index contributed by atoms with van der Waals surface area (Å²) in [7, 11) is 0. The molecule has 1 aliphatic rings. The second-order valence-corrected chi connectivity index (χ2v) is 6.90. The molecule has 3 aromatic rings. The largest absolute Gasteiger partial charge is 0.376 e. The summed E-state index contributed by atoms with van der Waals surface area (Å²) >= 11 is 0. The summed E-state index contributed by atoms with van der Waals surface area (Å²) in [6.45, 7) is 6.01. The van der Waals surface area contributed by atoms with E-state index in [0.29, 0.717) is 5.92 Å². The minimum absolute atomic E-state index is 0.287. The van der Waals surface area contributed by atoms with E-state index in [1.54, 1.807) is 0 Å². The van der Waals surface area contributed by atoms with Gasteiger partial charge in [-0.15, -0.1) is 0 Å². The van der Waals surface area contributed by atoms with Gasteiger partial charge in [0.25, 0.3) is 0 Å². The molecule has 0 spiro atoms. The van der Waals surface area contributed by atoms with E-state index in [-0.39, 0.29) is 6.10 Å². The van der Waals surface area contributed by atoms with E-state index in [9.17, 15) is 0 Å². The van der Waals surface area contributed by atoms with Crippen LogP contribution < -0.4 is 5.32 Å². The summed E-state index contributed by atoms with van der Waals surface area (Å²) in [6.07, 6.45) is 4.45. The zero-order chi connectivity index (χ0) is 17.2. The molecule has 0 radical (unpaired) electrons. The lowest BCUT2D eigenvalue weighted by molar-refractivity contribution is 0.120. The van der Waals surface area contributed by atoms with E-state index in [1.165, 1.54) is 0 Å². The summed E-state index contributed by atoms with van der Waals surface area (Å²) in [4.78, 5) is 4.88. The van der Waals surface area contributed by atoms with E-state index >= 15 is 0 Å². The second-order valence-electron chi connectivity index (χ2n) is 6.90. The molecule has 1 unspecified atom stereocenters. The van der Waals surface area contributed by atoms with Gasteiger partial charge in [0.1, 0.15) is 5.82 Å². The average Bonchev–Trinajstić information content (AvgIpc) is 3.29. The van der Waals surface area contributed by atoms with Crippen LogP contribution in [-0.4, -0.2) is 33.9 Å². The molecule has 1 aliphatic heterocycles. The fraction of sp³-hybridized carbons (Fsp3) is 0.400. The minimum atomic E-state index is 0.287. The van der Waals surface area contributed by atoms with E-state index < -0.39 is 0 Å². The topological polar surface area (TPSA) is 51.5 Å². The first kappa shape index (κ1) is 16.1. The van der Waals surface area contributed by atoms with Crippen molar-refractivity contribution in [1.82, 2.24) is 14.6 Å². The zero-order valence-electron chi connectivity index (χ0n) is 14.8. The number of benzene rings is 1. The predicted octanol–water partition coefficient (Wildman–Crippen LogP) is 4.11. The Morgan fingerprint density at radius 3 is 2.84 bits per heavy atom. The number of anilines is 1. The molecule has 25 heavy (non-hydrogen) atoms. The van der Waals surface area contributed by atoms with E-state index in [2.05, 4.69) is 42.5 Å². The molecular weight excluding hydrogens is 312 g/mol. The maximum Gasteiger partial charge on any atom is 0.165 e. The van der Waals surface area contributed by atoms with Crippen LogP contribution >= 0.6 is 0 Å². The van der Waals surface area contributed by atoms with Crippen molar-refractivity contribution in [2.75, 3.05) is 18.5 Å². The number of hydrogen-bond acceptors (Lipinski definition) is 4. The van der Waals surface area contributed by atoms with Crippen LogP contribution in [0.4, 0.5) is 5.82 Å². The SMILES string of the molecule is CC(C)c1cc(NCC2CCCO2)n2ncc(-c3ccccc3)c2n1. The predicted molar refractivity (Wildman–Crippen MR) is 100.0 cm³/mol. The Morgan fingerprint density at radius 1 is 1.28 bits per heavy atom. The van der Waals surface area contributed by atoms with Gasteiger partial charge in [-0.25, -0.2) is 4.98 Å². The number of aromatic nitrogens is 3. The molecule has 1 saturated heterocycles. The van der Waals surface area contributed by atoms with Crippen LogP contribution in [0.3, 0.4) is 0 Å². The molecule has 0 bridgehead atoms. The van der Waals surface area contributed by atoms with Gasteiger partial charge in [-0.3, -0.25) is 0 Å². The first-order valence-corrected chi connectivity index (χ1v) is 9.02. The quantitative estimate of drug-likeness (QED) is 0.762. The van der Waals surface area contributed by atoms with Gasteiger partial charge < -0.3 is 10.1 Å². The van der Waals surface area contributed by atoms with Crippen LogP contribution in [0.5, 0.6) is 0 Å². The number of fused-ring (bicyclic) bond motifs is 1. The van der Waals surface area contributed by atoms with E-state index in [0.717, 1.165) is 54.3 Å². The third-order valence-electron chi connectivity index (χ3n) is 4.70. The van der Waals surface area contributed by atoms with Crippen LogP contribution in [0.1, 0.15) is 38.3 Å². The Labute approximate surface area is 148 Å². The van der Waals surface area contributed by atoms with Crippen LogP contribution in [0.15, 0.2) is 42.6 Å². The molecule has 5 heteroatoms. The Morgan fingerprint density at radius 2 is 2.12 bits per heavy atom. The third-order valence-corrected chi connectivity index (χ3v) is 4.70. The van der Waals surface area contributed by atoms with Crippen molar-refractivity contribution in [2.45, 2.75) is 38.7 Å². The molecule has 4 rings (SSSR count). The third kappa shape index (κ3) is 3.24. The Hall–Kier alpha value is -2.40. The van der Waals surface area contributed by atoms with Crippen molar-refractivity contribution >= 4 is 11.5 Å². The fourth-order valence-electron chi connectivity index (χ4n) is 3.25. The second kappa shape index (κ2) is 6.84. The van der Waals surface area contributed by atoms with Crippen LogP contribution in [0.25, 0.3) is 16.8 Å². The van der Waals surface area contributed by atoms with Gasteiger partial charge in [-0.1, -0.05) is 44.2 Å². The monoisotopic (exact) mass is 336 g/mol. The van der Waals surface area contributed by atoms with E-state index in [4.69, 9.17) is 9.72 Å². The lowest BCUT2D eigenvalue weighted by Gasteiger charge is -2.15. The van der Waals surface area contributed by atoms with Crippen LogP contribution in [0, 0.1) is 0 Å². The highest BCUT2D eigenvalue weighted by atomic mass is 16.5. The molecule has 1 N–H and O–H groups in total. The molecule has 1 aromatic carbocycles. The first-order valence-electron chi connectivity index (χ1n) is 9.02. The molecule has 0 aliphatic carbocycles. The lowest BCUT2D eigenvalue weighted by Crippen LogP contribution is -2.20. The number of nitrogens with zero attached hydrogens (tertiary/aromatic N) is 3. The molecule has 5 nitrogen and oxygen atoms in total. The molecule has 0 saturated carbocycles. The van der Waals surface area contributed by atoms with Crippen LogP contribution in [-0.2, 0) is 4.74 Å². The molecule has 2 aromatic heterocycles. The van der Waals surface area contributed by atoms with Crippen LogP contribution in [0.2, 0.25) is 0 Å². The van der Waals surface area contributed by atoms with Crippen molar-refractivity contribution < 1.29 is 4.74 Å². The highest BCUT2D eigenvalue weighted by molar-refractivity contribution is 5.78. The van der Waals surface area contributed by atoms with Crippen molar-refractivity contribution in [2.24, 2.45) is 0 Å². The fourth-order valence-corrected chi connectivity index (χ4v) is 3.25. The standard InChI is InChI=1S/C20H24N4O/c1-14(2)18-11-19(21-12-16-9-6-10-25-16)24-20(23-18)17(13-22-24)15-7-4-3-5-8-15/h3-5,7-8,11,13-14,16,21H,6,9-10,12H2,1-2H3. The summed E-state index contributed by atoms with van der Waals surface area (Å²) in [5.74, 6) is 1.33. The molecule has 1 fully saturated rings. The Kier molecular flexibility index (Phi) is 4.40. The number of ether oxygens (including phenoxy) is 1. The average molecular weight is 336 g/mol. The van der Waals surface area contributed by atoms with Crippen molar-refractivity contribution in [3.05, 3.63) is 48.3 Å². The summed E-state index contributed by atoms with van der Waals surface area (Å²) < 4.78 is 7.64. The molecule has 130 valence electrons. The maximum absolute atomic E-state index is 5.73. The number of nitrogens with one attached hydrogen (secondary N) is 1. The molecule has 0 amide bonds. The molecule has 1 atom stereocenters. The van der Waals surface area contributed by atoms with Gasteiger partial charge in [-0.05, 0) is 24.3 Å². The lowest BCUT2D eigenvalue weighted by atomic mass is 10.1. The minimum Gasteiger partial charge on any atom is -0.376 e. The Bertz CT molecular complexity index is 851. The Balaban J connectivity index is 1.75. The normalized spacial score (nSPS) is 17.5. The van der Waals surface area contributed by atoms with Crippen molar-refractivity contribution in [1.29, 1.82) is 0 Å². The molecular formula is C20H24N4O. The zero-order valence-corrected chi connectivity index (χ0v) is 14.8. The number of rotatable bonds is 5. The highest BCUT2D eigenvalue weighted by Crippen LogP contribution is 2.27. The van der Waals surface area contributed by atoms with Crippen molar-refractivity contribution in [3.63, 3.8) is 0 Å². The smallest absolute Gasteiger partial charge is 0.165 e. The van der Waals surface area contributed by atoms with Gasteiger partial charge in [0.2, 0.25) is 0 Å². The van der Waals surface area contributed by atoms with E-state index in [1.807, 2.05) is 28.9 Å². The first-order chi connectivity index (χ1) is 12.2. The summed E-state index contributed by atoms with van der Waals surface area (Å²) in [6, 6.07) is 12.4. The summed E-state index contributed by atoms with van der Waals surface area (Å²) in [5.41, 5.74) is 4.16. The van der Waals surface area contributed by atoms with Gasteiger partial charge in [0.15, 0.2) is 5.65 Å².